The molecule has 0 saturated carbocycles. The Bertz CT molecular complexity index is 1500. The largest absolute Gasteiger partial charge is 0.324 e. The summed E-state index contributed by atoms with van der Waals surface area (Å²) >= 11 is 6.05. The van der Waals surface area contributed by atoms with E-state index in [2.05, 4.69) is 20.7 Å². The maximum atomic E-state index is 12.5. The summed E-state index contributed by atoms with van der Waals surface area (Å²) < 4.78 is 1.70. The molecule has 3 aromatic carbocycles. The lowest BCUT2D eigenvalue weighted by Crippen LogP contribution is -2.20. The van der Waals surface area contributed by atoms with Crippen LogP contribution < -0.4 is 10.6 Å². The molecule has 9 nitrogen and oxygen atoms in total. The third-order valence-corrected chi connectivity index (χ3v) is 5.76. The number of hydrogen-bond acceptors (Lipinski definition) is 6. The molecule has 1 aliphatic heterocycles. The fraction of sp³-hybridized carbons (Fsp3) is 0.0385. The van der Waals surface area contributed by atoms with Crippen LogP contribution in [0.5, 0.6) is 0 Å². The molecule has 1 atom stereocenters. The highest BCUT2D eigenvalue weighted by molar-refractivity contribution is 6.30. The zero-order chi connectivity index (χ0) is 25.1. The molecule has 178 valence electrons. The second-order valence-electron chi connectivity index (χ2n) is 7.95. The van der Waals surface area contributed by atoms with E-state index in [9.17, 15) is 14.9 Å². The molecule has 36 heavy (non-hydrogen) atoms. The molecule has 10 heteroatoms. The zero-order valence-electron chi connectivity index (χ0n) is 18.7. The molecule has 2 heterocycles. The van der Waals surface area contributed by atoms with Gasteiger partial charge in [-0.15, -0.1) is 5.10 Å². The van der Waals surface area contributed by atoms with Gasteiger partial charge in [-0.2, -0.15) is 4.98 Å². The minimum atomic E-state index is -0.487. The van der Waals surface area contributed by atoms with Crippen molar-refractivity contribution >= 4 is 46.9 Å². The Morgan fingerprint density at radius 3 is 2.61 bits per heavy atom. The number of nitro benzene ring substituents is 1. The summed E-state index contributed by atoms with van der Waals surface area (Å²) in [6, 6.07) is 23.0. The molecule has 4 aromatic rings. The van der Waals surface area contributed by atoms with Gasteiger partial charge < -0.3 is 5.32 Å². The minimum absolute atomic E-state index is 0.0528. The van der Waals surface area contributed by atoms with Crippen LogP contribution in [-0.4, -0.2) is 25.6 Å². The third kappa shape index (κ3) is 5.01. The lowest BCUT2D eigenvalue weighted by molar-refractivity contribution is -0.384. The monoisotopic (exact) mass is 498 g/mol. The molecule has 1 amide bonds. The van der Waals surface area contributed by atoms with Gasteiger partial charge in [-0.3, -0.25) is 20.2 Å². The number of carbonyl (C=O) groups excluding carboxylic acids is 1. The Hall–Kier alpha value is -4.76. The number of anilines is 2. The maximum Gasteiger partial charge on any atom is 0.270 e. The lowest BCUT2D eigenvalue weighted by Gasteiger charge is -2.24. The number of halogens is 1. The Morgan fingerprint density at radius 2 is 1.86 bits per heavy atom. The van der Waals surface area contributed by atoms with Gasteiger partial charge >= 0.3 is 0 Å². The van der Waals surface area contributed by atoms with Crippen LogP contribution in [0.2, 0.25) is 5.02 Å². The van der Waals surface area contributed by atoms with Crippen LogP contribution in [0.1, 0.15) is 22.7 Å². The number of allylic oxidation sites excluding steroid dienone is 1. The van der Waals surface area contributed by atoms with E-state index in [4.69, 9.17) is 11.6 Å². The molecule has 0 radical (unpaired) electrons. The summed E-state index contributed by atoms with van der Waals surface area (Å²) in [5, 5.41) is 22.0. The Kier molecular flexibility index (Phi) is 6.29. The number of nitro groups is 1. The highest BCUT2D eigenvalue weighted by Crippen LogP contribution is 2.33. The van der Waals surface area contributed by atoms with E-state index in [0.717, 1.165) is 16.8 Å². The fourth-order valence-electron chi connectivity index (χ4n) is 3.80. The summed E-state index contributed by atoms with van der Waals surface area (Å²) in [6.07, 6.45) is 4.80. The Morgan fingerprint density at radius 1 is 1.08 bits per heavy atom. The number of nitrogens with one attached hydrogen (secondary N) is 2. The molecule has 0 spiro atoms. The van der Waals surface area contributed by atoms with Crippen molar-refractivity contribution in [3.63, 3.8) is 0 Å². The van der Waals surface area contributed by atoms with E-state index in [-0.39, 0.29) is 17.7 Å². The quantitative estimate of drug-likeness (QED) is 0.205. The van der Waals surface area contributed by atoms with E-state index >= 15 is 0 Å². The average molecular weight is 499 g/mol. The molecule has 2 N–H and O–H groups in total. The van der Waals surface area contributed by atoms with Gasteiger partial charge in [0.15, 0.2) is 0 Å². The first-order valence-electron chi connectivity index (χ1n) is 11.0. The van der Waals surface area contributed by atoms with Gasteiger partial charge in [0.25, 0.3) is 17.5 Å². The number of amides is 1. The van der Waals surface area contributed by atoms with E-state index in [0.29, 0.717) is 16.5 Å². The van der Waals surface area contributed by atoms with Gasteiger partial charge in [-0.1, -0.05) is 66.2 Å². The summed E-state index contributed by atoms with van der Waals surface area (Å²) in [5.74, 6) is 0.124. The second-order valence-corrected chi connectivity index (χ2v) is 8.38. The van der Waals surface area contributed by atoms with Crippen molar-refractivity contribution < 1.29 is 9.72 Å². The number of rotatable bonds is 6. The third-order valence-electron chi connectivity index (χ3n) is 5.51. The molecule has 1 aliphatic rings. The van der Waals surface area contributed by atoms with Gasteiger partial charge in [-0.25, -0.2) is 4.68 Å². The first kappa shape index (κ1) is 23.0. The van der Waals surface area contributed by atoms with Gasteiger partial charge in [0.05, 0.1) is 4.92 Å². The molecule has 0 bridgehead atoms. The summed E-state index contributed by atoms with van der Waals surface area (Å²) in [5.41, 5.74) is 3.24. The van der Waals surface area contributed by atoms with Crippen molar-refractivity contribution in [2.24, 2.45) is 0 Å². The number of aromatic nitrogens is 3. The molecule has 5 rings (SSSR count). The topological polar surface area (TPSA) is 115 Å². The number of fused-ring (bicyclic) bond motifs is 1. The Labute approximate surface area is 210 Å². The summed E-state index contributed by atoms with van der Waals surface area (Å²) in [6.45, 7) is 0. The van der Waals surface area contributed by atoms with Gasteiger partial charge in [0, 0.05) is 28.9 Å². The minimum Gasteiger partial charge on any atom is -0.324 e. The number of hydrogen-bond donors (Lipinski definition) is 2. The molecule has 0 fully saturated rings. The van der Waals surface area contributed by atoms with Crippen molar-refractivity contribution in [2.75, 3.05) is 10.6 Å². The predicted octanol–water partition coefficient (Wildman–Crippen LogP) is 5.55. The molecule has 0 aliphatic carbocycles. The van der Waals surface area contributed by atoms with Crippen molar-refractivity contribution in [3.05, 3.63) is 123 Å². The van der Waals surface area contributed by atoms with E-state index in [1.807, 2.05) is 60.7 Å². The van der Waals surface area contributed by atoms with Crippen LogP contribution in [0.4, 0.5) is 17.6 Å². The van der Waals surface area contributed by atoms with Crippen LogP contribution in [0.15, 0.2) is 91.0 Å². The van der Waals surface area contributed by atoms with E-state index < -0.39 is 10.8 Å². The normalized spacial score (nSPS) is 14.6. The standard InChI is InChI=1S/C26H19ClN6O3/c27-20-12-10-18(11-13-20)22-16-23(19-6-2-1-3-7-19)32-26(28-22)30-25(31-32)29-24(34)14-9-17-5-4-8-21(15-17)33(35)36/h1-16,23H,(H2,28,29,30,31,34)/b14-9+/t23-/m1/s1. The smallest absolute Gasteiger partial charge is 0.270 e. The molecule has 0 unspecified atom stereocenters. The van der Waals surface area contributed by atoms with Crippen molar-refractivity contribution in [2.45, 2.75) is 6.04 Å². The van der Waals surface area contributed by atoms with Gasteiger partial charge in [0.1, 0.15) is 6.04 Å². The van der Waals surface area contributed by atoms with E-state index in [1.165, 1.54) is 24.3 Å². The Balaban J connectivity index is 1.40. The molecular formula is C26H19ClN6O3. The van der Waals surface area contributed by atoms with Gasteiger partial charge in [-0.05, 0) is 41.0 Å². The number of benzene rings is 3. The van der Waals surface area contributed by atoms with Crippen LogP contribution in [0.25, 0.3) is 11.8 Å². The van der Waals surface area contributed by atoms with Crippen LogP contribution in [-0.2, 0) is 4.79 Å². The van der Waals surface area contributed by atoms with Crippen molar-refractivity contribution in [3.8, 4) is 0 Å². The van der Waals surface area contributed by atoms with Crippen LogP contribution in [0, 0.1) is 10.1 Å². The number of nitrogens with zero attached hydrogens (tertiary/aromatic N) is 4. The van der Waals surface area contributed by atoms with Gasteiger partial charge in [0.2, 0.25) is 5.95 Å². The molecular weight excluding hydrogens is 480 g/mol. The molecule has 0 saturated heterocycles. The maximum absolute atomic E-state index is 12.5. The first-order chi connectivity index (χ1) is 17.5. The second kappa shape index (κ2) is 9.85. The van der Waals surface area contributed by atoms with Crippen molar-refractivity contribution in [1.82, 2.24) is 14.8 Å². The zero-order valence-corrected chi connectivity index (χ0v) is 19.5. The number of carbonyl (C=O) groups is 1. The van der Waals surface area contributed by atoms with Crippen molar-refractivity contribution in [1.29, 1.82) is 0 Å². The lowest BCUT2D eigenvalue weighted by atomic mass is 10.0. The van der Waals surface area contributed by atoms with Crippen LogP contribution >= 0.6 is 11.6 Å². The average Bonchev–Trinajstić information content (AvgIpc) is 3.30. The highest BCUT2D eigenvalue weighted by Gasteiger charge is 2.25. The SMILES string of the molecule is O=C(/C=C/c1cccc([N+](=O)[O-])c1)Nc1nc2n(n1)[C@@H](c1ccccc1)C=C(c1ccc(Cl)cc1)N2. The molecule has 1 aromatic heterocycles. The van der Waals surface area contributed by atoms with E-state index in [1.54, 1.807) is 16.8 Å². The summed E-state index contributed by atoms with van der Waals surface area (Å²) in [4.78, 5) is 27.5. The number of non-ortho nitro benzene ring substituents is 1. The predicted molar refractivity (Wildman–Crippen MR) is 138 cm³/mol. The fourth-order valence-corrected chi connectivity index (χ4v) is 3.92. The summed E-state index contributed by atoms with van der Waals surface area (Å²) in [7, 11) is 0. The first-order valence-corrected chi connectivity index (χ1v) is 11.3. The highest BCUT2D eigenvalue weighted by atomic mass is 35.5. The van der Waals surface area contributed by atoms with Crippen LogP contribution in [0.3, 0.4) is 0 Å².